The second-order valence-electron chi connectivity index (χ2n) is 3.62. The molecule has 0 aliphatic heterocycles. The van der Waals surface area contributed by atoms with Crippen molar-refractivity contribution in [3.05, 3.63) is 27.2 Å². The van der Waals surface area contributed by atoms with E-state index in [1.165, 1.54) is 0 Å². The summed E-state index contributed by atoms with van der Waals surface area (Å²) in [6.07, 6.45) is 2.07. The summed E-state index contributed by atoms with van der Waals surface area (Å²) in [7, 11) is 0. The SMILES string of the molecule is Clc1cc(Cl)c(OC2(CBr)CC2)cc1Cl. The Labute approximate surface area is 112 Å². The predicted octanol–water partition coefficient (Wildman–Crippen LogP) is 4.95. The topological polar surface area (TPSA) is 9.23 Å². The second-order valence-corrected chi connectivity index (χ2v) is 5.40. The van der Waals surface area contributed by atoms with E-state index in [4.69, 9.17) is 39.5 Å². The predicted molar refractivity (Wildman–Crippen MR) is 67.9 cm³/mol. The first-order valence-electron chi connectivity index (χ1n) is 4.46. The number of ether oxygens (including phenoxy) is 1. The third-order valence-corrected chi connectivity index (χ3v) is 4.39. The monoisotopic (exact) mass is 328 g/mol. The van der Waals surface area contributed by atoms with E-state index in [0.717, 1.165) is 18.2 Å². The van der Waals surface area contributed by atoms with E-state index >= 15 is 0 Å². The minimum absolute atomic E-state index is 0.0964. The van der Waals surface area contributed by atoms with Gasteiger partial charge in [-0.05, 0) is 18.9 Å². The fraction of sp³-hybridized carbons (Fsp3) is 0.400. The Bertz CT molecular complexity index is 390. The number of hydrogen-bond donors (Lipinski definition) is 0. The van der Waals surface area contributed by atoms with Gasteiger partial charge in [-0.2, -0.15) is 0 Å². The van der Waals surface area contributed by atoms with Gasteiger partial charge in [-0.1, -0.05) is 50.7 Å². The van der Waals surface area contributed by atoms with Gasteiger partial charge < -0.3 is 4.74 Å². The van der Waals surface area contributed by atoms with Crippen molar-refractivity contribution in [2.24, 2.45) is 0 Å². The average molecular weight is 330 g/mol. The van der Waals surface area contributed by atoms with Crippen LogP contribution in [-0.2, 0) is 0 Å². The van der Waals surface area contributed by atoms with Crippen molar-refractivity contribution in [1.29, 1.82) is 0 Å². The van der Waals surface area contributed by atoms with E-state index in [1.54, 1.807) is 12.1 Å². The molecule has 82 valence electrons. The van der Waals surface area contributed by atoms with Gasteiger partial charge in [0, 0.05) is 11.4 Å². The Morgan fingerprint density at radius 2 is 1.73 bits per heavy atom. The lowest BCUT2D eigenvalue weighted by Crippen LogP contribution is -2.19. The lowest BCUT2D eigenvalue weighted by molar-refractivity contribution is 0.207. The standard InChI is InChI=1S/C10H8BrCl3O/c11-5-10(1-2-10)15-9-4-7(13)6(12)3-8(9)14/h3-4H,1-2,5H2. The van der Waals surface area contributed by atoms with Gasteiger partial charge in [0.2, 0.25) is 0 Å². The molecular formula is C10H8BrCl3O. The van der Waals surface area contributed by atoms with Gasteiger partial charge in [-0.15, -0.1) is 0 Å². The number of halogens is 4. The Kier molecular flexibility index (Phi) is 3.42. The fourth-order valence-electron chi connectivity index (χ4n) is 1.22. The maximum absolute atomic E-state index is 6.01. The van der Waals surface area contributed by atoms with Crippen molar-refractivity contribution in [1.82, 2.24) is 0 Å². The third-order valence-electron chi connectivity index (χ3n) is 2.35. The van der Waals surface area contributed by atoms with Gasteiger partial charge in [0.15, 0.2) is 0 Å². The van der Waals surface area contributed by atoms with E-state index in [1.807, 2.05) is 0 Å². The fourth-order valence-corrected chi connectivity index (χ4v) is 2.47. The number of rotatable bonds is 3. The molecule has 0 aromatic heterocycles. The molecule has 1 aromatic rings. The van der Waals surface area contributed by atoms with Crippen molar-refractivity contribution < 1.29 is 4.74 Å². The maximum Gasteiger partial charge on any atom is 0.140 e. The maximum atomic E-state index is 6.01. The minimum Gasteiger partial charge on any atom is -0.485 e. The molecule has 1 saturated carbocycles. The van der Waals surface area contributed by atoms with Crippen LogP contribution in [0.15, 0.2) is 12.1 Å². The minimum atomic E-state index is -0.0964. The summed E-state index contributed by atoms with van der Waals surface area (Å²) in [6.45, 7) is 0. The largest absolute Gasteiger partial charge is 0.485 e. The van der Waals surface area contributed by atoms with E-state index in [9.17, 15) is 0 Å². The Balaban J connectivity index is 2.25. The summed E-state index contributed by atoms with van der Waals surface area (Å²) in [6, 6.07) is 3.26. The van der Waals surface area contributed by atoms with Crippen LogP contribution in [0, 0.1) is 0 Å². The van der Waals surface area contributed by atoms with Gasteiger partial charge in [-0.25, -0.2) is 0 Å². The van der Waals surface area contributed by atoms with Crippen LogP contribution in [0.2, 0.25) is 15.1 Å². The smallest absolute Gasteiger partial charge is 0.140 e. The number of benzene rings is 1. The van der Waals surface area contributed by atoms with Gasteiger partial charge >= 0.3 is 0 Å². The molecule has 0 atom stereocenters. The van der Waals surface area contributed by atoms with Crippen LogP contribution in [0.1, 0.15) is 12.8 Å². The van der Waals surface area contributed by atoms with Crippen molar-refractivity contribution in [3.63, 3.8) is 0 Å². The van der Waals surface area contributed by atoms with Crippen LogP contribution in [0.25, 0.3) is 0 Å². The Morgan fingerprint density at radius 1 is 1.13 bits per heavy atom. The zero-order valence-corrected chi connectivity index (χ0v) is 11.5. The third kappa shape index (κ3) is 2.55. The van der Waals surface area contributed by atoms with Crippen LogP contribution in [0.4, 0.5) is 0 Å². The summed E-state index contributed by atoms with van der Waals surface area (Å²) >= 11 is 21.2. The van der Waals surface area contributed by atoms with Crippen LogP contribution in [-0.4, -0.2) is 10.9 Å². The first kappa shape index (κ1) is 11.8. The molecule has 1 nitrogen and oxygen atoms in total. The zero-order chi connectivity index (χ0) is 11.1. The molecule has 0 unspecified atom stereocenters. The molecule has 0 radical (unpaired) electrons. The highest BCUT2D eigenvalue weighted by Crippen LogP contribution is 2.44. The van der Waals surface area contributed by atoms with Crippen LogP contribution < -0.4 is 4.74 Å². The average Bonchev–Trinajstić information content (AvgIpc) is 2.95. The van der Waals surface area contributed by atoms with E-state index in [2.05, 4.69) is 15.9 Å². The van der Waals surface area contributed by atoms with Gasteiger partial charge in [0.05, 0.1) is 15.1 Å². The molecule has 0 saturated heterocycles. The molecule has 15 heavy (non-hydrogen) atoms. The molecule has 0 spiro atoms. The first-order chi connectivity index (χ1) is 7.06. The summed E-state index contributed by atoms with van der Waals surface area (Å²) < 4.78 is 5.81. The molecule has 1 aliphatic carbocycles. The van der Waals surface area contributed by atoms with Crippen molar-refractivity contribution in [3.8, 4) is 5.75 Å². The van der Waals surface area contributed by atoms with Crippen molar-refractivity contribution >= 4 is 50.7 Å². The molecule has 0 N–H and O–H groups in total. The summed E-state index contributed by atoms with van der Waals surface area (Å²) in [5, 5.41) is 2.20. The molecule has 5 heteroatoms. The molecule has 2 rings (SSSR count). The van der Waals surface area contributed by atoms with E-state index < -0.39 is 0 Å². The molecular weight excluding hydrogens is 322 g/mol. The van der Waals surface area contributed by atoms with Crippen molar-refractivity contribution in [2.75, 3.05) is 5.33 Å². The molecule has 0 bridgehead atoms. The molecule has 1 aromatic carbocycles. The highest BCUT2D eigenvalue weighted by atomic mass is 79.9. The Hall–Kier alpha value is 0.370. The summed E-state index contributed by atoms with van der Waals surface area (Å²) in [4.78, 5) is 0. The number of alkyl halides is 1. The van der Waals surface area contributed by atoms with E-state index in [-0.39, 0.29) is 5.60 Å². The highest BCUT2D eigenvalue weighted by molar-refractivity contribution is 9.09. The molecule has 1 aliphatic rings. The molecule has 1 fully saturated rings. The van der Waals surface area contributed by atoms with Crippen LogP contribution in [0.3, 0.4) is 0 Å². The lowest BCUT2D eigenvalue weighted by atomic mass is 10.3. The number of hydrogen-bond acceptors (Lipinski definition) is 1. The summed E-state index contributed by atoms with van der Waals surface area (Å²) in [5.41, 5.74) is -0.0964. The van der Waals surface area contributed by atoms with Gasteiger partial charge in [0.25, 0.3) is 0 Å². The Morgan fingerprint density at radius 3 is 2.27 bits per heavy atom. The molecule has 0 heterocycles. The summed E-state index contributed by atoms with van der Waals surface area (Å²) in [5.74, 6) is 0.600. The lowest BCUT2D eigenvalue weighted by Gasteiger charge is -2.16. The quantitative estimate of drug-likeness (QED) is 0.563. The van der Waals surface area contributed by atoms with Crippen molar-refractivity contribution in [2.45, 2.75) is 18.4 Å². The first-order valence-corrected chi connectivity index (χ1v) is 6.71. The van der Waals surface area contributed by atoms with Crippen LogP contribution in [0.5, 0.6) is 5.75 Å². The van der Waals surface area contributed by atoms with Gasteiger partial charge in [0.1, 0.15) is 11.4 Å². The molecule has 0 amide bonds. The highest BCUT2D eigenvalue weighted by Gasteiger charge is 2.44. The van der Waals surface area contributed by atoms with E-state index in [0.29, 0.717) is 20.8 Å². The zero-order valence-electron chi connectivity index (χ0n) is 7.70. The van der Waals surface area contributed by atoms with Gasteiger partial charge in [-0.3, -0.25) is 0 Å². The second kappa shape index (κ2) is 4.33. The normalized spacial score (nSPS) is 17.6. The van der Waals surface area contributed by atoms with Crippen LogP contribution >= 0.6 is 50.7 Å².